The fourth-order valence-corrected chi connectivity index (χ4v) is 3.80. The summed E-state index contributed by atoms with van der Waals surface area (Å²) < 4.78 is 5.63. The van der Waals surface area contributed by atoms with Crippen LogP contribution in [0.25, 0.3) is 0 Å². The number of urea groups is 1. The van der Waals surface area contributed by atoms with E-state index in [4.69, 9.17) is 4.74 Å². The number of morpholine rings is 1. The molecule has 3 aliphatic heterocycles. The third kappa shape index (κ3) is 2.37. The summed E-state index contributed by atoms with van der Waals surface area (Å²) in [4.78, 5) is 17.1. The maximum Gasteiger partial charge on any atom is 0.321 e. The number of carbonyl (C=O) groups excluding carboxylic acids is 1. The minimum Gasteiger partial charge on any atom is -0.378 e. The Kier molecular flexibility index (Phi) is 3.52. The Morgan fingerprint density at radius 3 is 2.86 bits per heavy atom. The third-order valence-electron chi connectivity index (χ3n) is 4.97. The Morgan fingerprint density at radius 2 is 2.14 bits per heavy atom. The van der Waals surface area contributed by atoms with Crippen LogP contribution in [0.3, 0.4) is 0 Å². The largest absolute Gasteiger partial charge is 0.378 e. The minimum atomic E-state index is -0.0114. The highest BCUT2D eigenvalue weighted by atomic mass is 16.5. The Bertz CT molecular complexity index is 546. The summed E-state index contributed by atoms with van der Waals surface area (Å²) in [6.45, 7) is 5.93. The average Bonchev–Trinajstić information content (AvgIpc) is 2.53. The zero-order valence-corrected chi connectivity index (χ0v) is 12.6. The molecule has 1 atom stereocenters. The number of nitrogens with one attached hydrogen (secondary N) is 2. The monoisotopic (exact) mass is 302 g/mol. The van der Waals surface area contributed by atoms with Gasteiger partial charge in [-0.1, -0.05) is 18.2 Å². The second-order valence-corrected chi connectivity index (χ2v) is 6.43. The summed E-state index contributed by atoms with van der Waals surface area (Å²) in [7, 11) is 0. The number of fused-ring (bicyclic) bond motifs is 2. The molecule has 0 bridgehead atoms. The van der Waals surface area contributed by atoms with Crippen molar-refractivity contribution in [2.24, 2.45) is 0 Å². The van der Waals surface area contributed by atoms with Gasteiger partial charge in [0, 0.05) is 38.4 Å². The number of nitrogens with zero attached hydrogens (tertiary/aromatic N) is 2. The zero-order chi connectivity index (χ0) is 15.0. The van der Waals surface area contributed by atoms with Crippen molar-refractivity contribution < 1.29 is 9.53 Å². The van der Waals surface area contributed by atoms with E-state index in [1.807, 2.05) is 35.2 Å². The van der Waals surface area contributed by atoms with Crippen molar-refractivity contribution in [3.8, 4) is 0 Å². The lowest BCUT2D eigenvalue weighted by atomic mass is 9.84. The van der Waals surface area contributed by atoms with Gasteiger partial charge in [0.15, 0.2) is 0 Å². The molecule has 0 saturated carbocycles. The lowest BCUT2D eigenvalue weighted by molar-refractivity contribution is -0.121. The maximum atomic E-state index is 12.6. The molecule has 3 fully saturated rings. The van der Waals surface area contributed by atoms with Crippen LogP contribution in [-0.2, 0) is 4.74 Å². The van der Waals surface area contributed by atoms with E-state index in [1.165, 1.54) is 0 Å². The quantitative estimate of drug-likeness (QED) is 0.797. The molecule has 3 saturated heterocycles. The van der Waals surface area contributed by atoms with E-state index in [2.05, 4.69) is 15.5 Å². The molecule has 6 heteroatoms. The summed E-state index contributed by atoms with van der Waals surface area (Å²) in [5.41, 5.74) is 0.941. The van der Waals surface area contributed by atoms with Crippen molar-refractivity contribution in [3.05, 3.63) is 30.3 Å². The Morgan fingerprint density at radius 1 is 1.32 bits per heavy atom. The number of ether oxygens (including phenoxy) is 1. The van der Waals surface area contributed by atoms with Gasteiger partial charge in [0.2, 0.25) is 0 Å². The van der Waals surface area contributed by atoms with Gasteiger partial charge in [-0.15, -0.1) is 0 Å². The highest BCUT2D eigenvalue weighted by molar-refractivity contribution is 5.89. The second-order valence-electron chi connectivity index (χ2n) is 6.43. The van der Waals surface area contributed by atoms with Gasteiger partial charge in [0.1, 0.15) is 0 Å². The van der Waals surface area contributed by atoms with Gasteiger partial charge in [-0.25, -0.2) is 4.79 Å². The van der Waals surface area contributed by atoms with Crippen molar-refractivity contribution in [1.82, 2.24) is 15.1 Å². The lowest BCUT2D eigenvalue weighted by Gasteiger charge is -2.60. The third-order valence-corrected chi connectivity index (χ3v) is 4.97. The van der Waals surface area contributed by atoms with Gasteiger partial charge in [0.05, 0.1) is 24.8 Å². The predicted molar refractivity (Wildman–Crippen MR) is 83.9 cm³/mol. The molecule has 1 aromatic rings. The molecule has 4 rings (SSSR count). The van der Waals surface area contributed by atoms with E-state index < -0.39 is 0 Å². The molecule has 3 aliphatic rings. The van der Waals surface area contributed by atoms with E-state index in [0.29, 0.717) is 6.04 Å². The summed E-state index contributed by atoms with van der Waals surface area (Å²) in [5.74, 6) is 0. The van der Waals surface area contributed by atoms with Gasteiger partial charge in [-0.2, -0.15) is 0 Å². The van der Waals surface area contributed by atoms with Gasteiger partial charge in [-0.05, 0) is 12.1 Å². The lowest BCUT2D eigenvalue weighted by Crippen LogP contribution is -2.80. The first kappa shape index (κ1) is 14.0. The van der Waals surface area contributed by atoms with Crippen LogP contribution < -0.4 is 10.6 Å². The SMILES string of the molecule is O=C(Nc1ccccc1)N1CC2COCCN2C2(CNC2)C1. The number of anilines is 1. The molecule has 1 unspecified atom stereocenters. The van der Waals surface area contributed by atoms with E-state index >= 15 is 0 Å². The van der Waals surface area contributed by atoms with Crippen LogP contribution in [0.4, 0.5) is 10.5 Å². The van der Waals surface area contributed by atoms with Crippen LogP contribution in [0.5, 0.6) is 0 Å². The van der Waals surface area contributed by atoms with Gasteiger partial charge in [0.25, 0.3) is 0 Å². The first-order valence-electron chi connectivity index (χ1n) is 7.93. The number of hydrogen-bond acceptors (Lipinski definition) is 4. The van der Waals surface area contributed by atoms with Crippen molar-refractivity contribution in [3.63, 3.8) is 0 Å². The molecule has 0 aromatic heterocycles. The first-order chi connectivity index (χ1) is 10.8. The first-order valence-corrected chi connectivity index (χ1v) is 7.93. The Hall–Kier alpha value is -1.63. The zero-order valence-electron chi connectivity index (χ0n) is 12.6. The van der Waals surface area contributed by atoms with E-state index in [1.54, 1.807) is 0 Å². The molecule has 22 heavy (non-hydrogen) atoms. The molecule has 2 amide bonds. The van der Waals surface area contributed by atoms with Gasteiger partial charge < -0.3 is 20.3 Å². The number of amides is 2. The van der Waals surface area contributed by atoms with E-state index in [-0.39, 0.29) is 11.6 Å². The number of para-hydroxylation sites is 1. The van der Waals surface area contributed by atoms with Gasteiger partial charge >= 0.3 is 6.03 Å². The van der Waals surface area contributed by atoms with Crippen molar-refractivity contribution in [1.29, 1.82) is 0 Å². The van der Waals surface area contributed by atoms with E-state index in [9.17, 15) is 4.79 Å². The van der Waals surface area contributed by atoms with Crippen LogP contribution in [0.2, 0.25) is 0 Å². The smallest absolute Gasteiger partial charge is 0.321 e. The highest BCUT2D eigenvalue weighted by Gasteiger charge is 2.51. The molecule has 118 valence electrons. The predicted octanol–water partition coefficient (Wildman–Crippen LogP) is 0.577. The number of hydrogen-bond donors (Lipinski definition) is 2. The molecule has 2 N–H and O–H groups in total. The molecule has 0 aliphatic carbocycles. The van der Waals surface area contributed by atoms with Crippen LogP contribution in [0.1, 0.15) is 0 Å². The number of carbonyl (C=O) groups is 1. The van der Waals surface area contributed by atoms with Gasteiger partial charge in [-0.3, -0.25) is 4.90 Å². The van der Waals surface area contributed by atoms with Crippen LogP contribution in [-0.4, -0.2) is 73.3 Å². The molecule has 6 nitrogen and oxygen atoms in total. The fourth-order valence-electron chi connectivity index (χ4n) is 3.80. The van der Waals surface area contributed by atoms with Crippen LogP contribution >= 0.6 is 0 Å². The Labute approximate surface area is 130 Å². The topological polar surface area (TPSA) is 56.8 Å². The normalized spacial score (nSPS) is 27.1. The molecular weight excluding hydrogens is 280 g/mol. The molecule has 0 radical (unpaired) electrons. The minimum absolute atomic E-state index is 0.0114. The molecule has 1 spiro atoms. The number of benzene rings is 1. The second kappa shape index (κ2) is 5.53. The summed E-state index contributed by atoms with van der Waals surface area (Å²) >= 11 is 0. The molecule has 3 heterocycles. The molecule has 1 aromatic carbocycles. The summed E-state index contributed by atoms with van der Waals surface area (Å²) in [6.07, 6.45) is 0. The summed E-state index contributed by atoms with van der Waals surface area (Å²) in [6, 6.07) is 9.94. The van der Waals surface area contributed by atoms with Crippen LogP contribution in [0.15, 0.2) is 30.3 Å². The van der Waals surface area contributed by atoms with Crippen molar-refractivity contribution in [2.45, 2.75) is 11.6 Å². The van der Waals surface area contributed by atoms with Crippen molar-refractivity contribution >= 4 is 11.7 Å². The van der Waals surface area contributed by atoms with Crippen molar-refractivity contribution in [2.75, 3.05) is 51.3 Å². The number of piperazine rings is 1. The number of rotatable bonds is 1. The summed E-state index contributed by atoms with van der Waals surface area (Å²) in [5, 5.41) is 6.37. The van der Waals surface area contributed by atoms with E-state index in [0.717, 1.165) is 51.6 Å². The fraction of sp³-hybridized carbons (Fsp3) is 0.562. The Balaban J connectivity index is 1.49. The maximum absolute atomic E-state index is 12.6. The van der Waals surface area contributed by atoms with Crippen LogP contribution in [0, 0.1) is 0 Å². The molecular formula is C16H22N4O2. The standard InChI is InChI=1S/C16H22N4O2/c21-15(18-13-4-2-1-3-5-13)19-8-14-9-22-7-6-20(14)16(12-19)10-17-11-16/h1-5,14,17H,6-12H2,(H,18,21). The average molecular weight is 302 g/mol. The highest BCUT2D eigenvalue weighted by Crippen LogP contribution is 2.31.